The van der Waals surface area contributed by atoms with Gasteiger partial charge < -0.3 is 10.6 Å². The van der Waals surface area contributed by atoms with E-state index in [1.165, 1.54) is 12.1 Å². The molecule has 3 nitrogen and oxygen atoms in total. The Labute approximate surface area is 148 Å². The number of anilines is 2. The Kier molecular flexibility index (Phi) is 5.84. The first-order chi connectivity index (χ1) is 11.1. The summed E-state index contributed by atoms with van der Waals surface area (Å²) in [5, 5.41) is 0. The summed E-state index contributed by atoms with van der Waals surface area (Å²) in [5.41, 5.74) is 9.78. The van der Waals surface area contributed by atoms with Gasteiger partial charge in [0.15, 0.2) is 0 Å². The first-order valence-corrected chi connectivity index (χ1v) is 7.99. The van der Waals surface area contributed by atoms with Crippen molar-refractivity contribution in [1.82, 2.24) is 0 Å². The van der Waals surface area contributed by atoms with Crippen LogP contribution in [-0.2, 0) is 11.2 Å². The Morgan fingerprint density at radius 3 is 2.67 bits per heavy atom. The molecule has 1 atom stereocenters. The fourth-order valence-corrected chi connectivity index (χ4v) is 3.19. The second-order valence-corrected chi connectivity index (χ2v) is 6.15. The van der Waals surface area contributed by atoms with E-state index in [0.29, 0.717) is 6.42 Å². The largest absolute Gasteiger partial charge is 0.398 e. The van der Waals surface area contributed by atoms with Gasteiger partial charge >= 0.3 is 0 Å². The summed E-state index contributed by atoms with van der Waals surface area (Å²) in [6.45, 7) is 2.72. The van der Waals surface area contributed by atoms with Crippen molar-refractivity contribution < 1.29 is 9.18 Å². The van der Waals surface area contributed by atoms with Crippen molar-refractivity contribution in [3.05, 3.63) is 59.4 Å². The summed E-state index contributed by atoms with van der Waals surface area (Å²) in [6.07, 6.45) is 2.25. The zero-order chi connectivity index (χ0) is 16.4. The van der Waals surface area contributed by atoms with E-state index in [2.05, 4.69) is 0 Å². The Balaban J connectivity index is 0.00000208. The number of carbonyl (C=O) groups is 1. The van der Waals surface area contributed by atoms with Gasteiger partial charge in [0.25, 0.3) is 0 Å². The number of carbonyl (C=O) groups excluding carboxylic acids is 1. The van der Waals surface area contributed by atoms with Gasteiger partial charge in [0, 0.05) is 24.3 Å². The molecule has 0 saturated carbocycles. The zero-order valence-electron chi connectivity index (χ0n) is 13.7. The number of nitrogens with zero attached hydrogens (tertiary/aromatic N) is 1. The lowest BCUT2D eigenvalue weighted by Gasteiger charge is -2.31. The van der Waals surface area contributed by atoms with Crippen LogP contribution in [0, 0.1) is 5.82 Å². The number of hydrogen-bond acceptors (Lipinski definition) is 2. The average Bonchev–Trinajstić information content (AvgIpc) is 2.55. The molecule has 2 N–H and O–H groups in total. The van der Waals surface area contributed by atoms with Gasteiger partial charge in [0.05, 0.1) is 0 Å². The molecule has 0 bridgehead atoms. The maximum absolute atomic E-state index is 13.0. The molecule has 2 aromatic rings. The Hall–Kier alpha value is -2.07. The van der Waals surface area contributed by atoms with E-state index in [1.807, 2.05) is 30.0 Å². The van der Waals surface area contributed by atoms with Gasteiger partial charge in [0.2, 0.25) is 5.91 Å². The van der Waals surface area contributed by atoms with Crippen LogP contribution >= 0.6 is 12.4 Å². The Bertz CT molecular complexity index is 718. The third-order valence-corrected chi connectivity index (χ3v) is 4.51. The Morgan fingerprint density at radius 1 is 1.25 bits per heavy atom. The van der Waals surface area contributed by atoms with Crippen LogP contribution in [-0.4, -0.2) is 12.5 Å². The minimum absolute atomic E-state index is 0. The highest BCUT2D eigenvalue weighted by molar-refractivity contribution is 5.95. The zero-order valence-corrected chi connectivity index (χ0v) is 14.5. The first kappa shape index (κ1) is 18.3. The Morgan fingerprint density at radius 2 is 1.96 bits per heavy atom. The molecule has 1 aliphatic heterocycles. The van der Waals surface area contributed by atoms with Gasteiger partial charge in [-0.15, -0.1) is 12.4 Å². The molecule has 5 heteroatoms. The number of nitrogen functional groups attached to an aromatic ring is 1. The second-order valence-electron chi connectivity index (χ2n) is 6.15. The van der Waals surface area contributed by atoms with Crippen LogP contribution in [0.5, 0.6) is 0 Å². The predicted octanol–water partition coefficient (Wildman–Crippen LogP) is 4.30. The van der Waals surface area contributed by atoms with Crippen LogP contribution in [0.25, 0.3) is 0 Å². The summed E-state index contributed by atoms with van der Waals surface area (Å²) < 4.78 is 13.0. The summed E-state index contributed by atoms with van der Waals surface area (Å²) >= 11 is 0. The first-order valence-electron chi connectivity index (χ1n) is 7.99. The lowest BCUT2D eigenvalue weighted by Crippen LogP contribution is -2.36. The fourth-order valence-electron chi connectivity index (χ4n) is 3.19. The monoisotopic (exact) mass is 348 g/mol. The molecule has 0 saturated heterocycles. The minimum atomic E-state index is -0.257. The summed E-state index contributed by atoms with van der Waals surface area (Å²) in [5.74, 6) is -0.115. The van der Waals surface area contributed by atoms with Crippen LogP contribution in [0.3, 0.4) is 0 Å². The van der Waals surface area contributed by atoms with E-state index in [9.17, 15) is 9.18 Å². The van der Waals surface area contributed by atoms with Crippen molar-refractivity contribution in [3.63, 3.8) is 0 Å². The van der Waals surface area contributed by atoms with Crippen molar-refractivity contribution in [2.75, 3.05) is 17.2 Å². The van der Waals surface area contributed by atoms with Crippen molar-refractivity contribution >= 4 is 29.7 Å². The van der Waals surface area contributed by atoms with Gasteiger partial charge in [0.1, 0.15) is 5.82 Å². The molecule has 24 heavy (non-hydrogen) atoms. The maximum Gasteiger partial charge on any atom is 0.227 e. The minimum Gasteiger partial charge on any atom is -0.398 e. The number of halogens is 2. The van der Waals surface area contributed by atoms with Gasteiger partial charge in [-0.3, -0.25) is 4.79 Å². The lowest BCUT2D eigenvalue weighted by atomic mass is 9.95. The third-order valence-electron chi connectivity index (χ3n) is 4.51. The maximum atomic E-state index is 13.0. The predicted molar refractivity (Wildman–Crippen MR) is 98.2 cm³/mol. The third kappa shape index (κ3) is 3.70. The van der Waals surface area contributed by atoms with Crippen molar-refractivity contribution in [1.29, 1.82) is 0 Å². The van der Waals surface area contributed by atoms with E-state index >= 15 is 0 Å². The molecule has 0 aliphatic carbocycles. The molecule has 1 unspecified atom stereocenters. The standard InChI is InChI=1S/C19H21FN2O.ClH/c1-13(14-7-9-15(20)10-8-14)12-19(23)22-11-3-4-16-17(21)5-2-6-18(16)22;/h2,5-10,13H,3-4,11-12,21H2,1H3;1H. The smallest absolute Gasteiger partial charge is 0.227 e. The highest BCUT2D eigenvalue weighted by Crippen LogP contribution is 2.32. The summed E-state index contributed by atoms with van der Waals surface area (Å²) in [6, 6.07) is 12.1. The van der Waals surface area contributed by atoms with Crippen LogP contribution in [0.1, 0.15) is 36.8 Å². The highest BCUT2D eigenvalue weighted by atomic mass is 35.5. The van der Waals surface area contributed by atoms with Crippen LogP contribution in [0.15, 0.2) is 42.5 Å². The highest BCUT2D eigenvalue weighted by Gasteiger charge is 2.25. The van der Waals surface area contributed by atoms with Crippen molar-refractivity contribution in [2.24, 2.45) is 0 Å². The summed E-state index contributed by atoms with van der Waals surface area (Å²) in [4.78, 5) is 14.6. The number of amides is 1. The van der Waals surface area contributed by atoms with Crippen LogP contribution in [0.4, 0.5) is 15.8 Å². The SMILES string of the molecule is CC(CC(=O)N1CCCc2c(N)cccc21)c1ccc(F)cc1.Cl. The van der Waals surface area contributed by atoms with E-state index < -0.39 is 0 Å². The van der Waals surface area contributed by atoms with Gasteiger partial charge in [-0.2, -0.15) is 0 Å². The number of hydrogen-bond donors (Lipinski definition) is 1. The number of benzene rings is 2. The molecule has 1 heterocycles. The molecule has 1 aliphatic rings. The molecule has 1 amide bonds. The molecular formula is C19H22ClFN2O. The van der Waals surface area contributed by atoms with Crippen molar-refractivity contribution in [2.45, 2.75) is 32.1 Å². The van der Waals surface area contributed by atoms with E-state index in [0.717, 1.165) is 41.9 Å². The number of fused-ring (bicyclic) bond motifs is 1. The number of rotatable bonds is 3. The molecule has 0 spiro atoms. The number of nitrogens with two attached hydrogens (primary N) is 1. The molecule has 3 rings (SSSR count). The molecule has 0 fully saturated rings. The van der Waals surface area contributed by atoms with E-state index in [1.54, 1.807) is 12.1 Å². The van der Waals surface area contributed by atoms with E-state index in [4.69, 9.17) is 5.73 Å². The molecular weight excluding hydrogens is 327 g/mol. The normalized spacial score (nSPS) is 14.5. The molecule has 0 radical (unpaired) electrons. The van der Waals surface area contributed by atoms with Gasteiger partial charge in [-0.25, -0.2) is 4.39 Å². The fraction of sp³-hybridized carbons (Fsp3) is 0.316. The molecule has 128 valence electrons. The quantitative estimate of drug-likeness (QED) is 0.840. The second kappa shape index (κ2) is 7.67. The van der Waals surface area contributed by atoms with E-state index in [-0.39, 0.29) is 30.0 Å². The average molecular weight is 349 g/mol. The molecule has 2 aromatic carbocycles. The summed E-state index contributed by atoms with van der Waals surface area (Å²) in [7, 11) is 0. The van der Waals surface area contributed by atoms with Gasteiger partial charge in [-0.1, -0.05) is 25.1 Å². The topological polar surface area (TPSA) is 46.3 Å². The molecule has 0 aromatic heterocycles. The van der Waals surface area contributed by atoms with Crippen LogP contribution < -0.4 is 10.6 Å². The van der Waals surface area contributed by atoms with Crippen molar-refractivity contribution in [3.8, 4) is 0 Å². The van der Waals surface area contributed by atoms with Gasteiger partial charge in [-0.05, 0) is 54.2 Å². The lowest BCUT2D eigenvalue weighted by molar-refractivity contribution is -0.119. The van der Waals surface area contributed by atoms with Crippen LogP contribution in [0.2, 0.25) is 0 Å².